The number of allylic oxidation sites excluding steroid dienone is 1. The van der Waals surface area contributed by atoms with Crippen LogP contribution >= 0.6 is 0 Å². The van der Waals surface area contributed by atoms with Crippen LogP contribution in [0.25, 0.3) is 0 Å². The summed E-state index contributed by atoms with van der Waals surface area (Å²) in [6.45, 7) is 3.87. The molecule has 7 heteroatoms. The normalized spacial score (nSPS) is 15.5. The fraction of sp³-hybridized carbons (Fsp3) is 0.286. The van der Waals surface area contributed by atoms with Crippen molar-refractivity contribution >= 4 is 18.9 Å². The third-order valence-corrected chi connectivity index (χ3v) is 2.82. The highest BCUT2D eigenvalue weighted by Crippen LogP contribution is 2.14. The van der Waals surface area contributed by atoms with Gasteiger partial charge < -0.3 is 9.31 Å². The first-order valence-corrected chi connectivity index (χ1v) is 6.64. The minimum Gasteiger partial charge on any atom is -0.523 e. The number of carbonyl (C=O) groups is 2. The topological polar surface area (TPSA) is 73.9 Å². The monoisotopic (exact) mass is 289 g/mol. The van der Waals surface area contributed by atoms with Gasteiger partial charge >= 0.3 is 12.9 Å². The molecular weight excluding hydrogens is 273 g/mol. The zero-order valence-electron chi connectivity index (χ0n) is 11.5. The highest BCUT2D eigenvalue weighted by atomic mass is 16.7. The summed E-state index contributed by atoms with van der Waals surface area (Å²) in [7, 11) is -1.36. The van der Waals surface area contributed by atoms with Gasteiger partial charge in [-0.2, -0.15) is 0 Å². The van der Waals surface area contributed by atoms with Crippen molar-refractivity contribution in [2.75, 3.05) is 0 Å². The standard InChI is InChI=1S/C14H16BNO5/c1-11-6-5-9-13(17)21-15(20-11)14(18)16-19-10-12-7-3-2-4-8-12/h2-4,7-8H,1,5-6,9-10H2,(H,16,18). The summed E-state index contributed by atoms with van der Waals surface area (Å²) in [6, 6.07) is 9.34. The summed E-state index contributed by atoms with van der Waals surface area (Å²) in [5.41, 5.74) is 3.11. The zero-order valence-corrected chi connectivity index (χ0v) is 11.5. The molecule has 0 atom stereocenters. The maximum absolute atomic E-state index is 11.9. The molecule has 1 N–H and O–H groups in total. The molecule has 1 saturated heterocycles. The molecule has 1 aromatic rings. The van der Waals surface area contributed by atoms with Crippen molar-refractivity contribution in [2.24, 2.45) is 0 Å². The summed E-state index contributed by atoms with van der Waals surface area (Å²) in [5, 5.41) is 0. The Morgan fingerprint density at radius 2 is 2.05 bits per heavy atom. The minimum atomic E-state index is -1.36. The van der Waals surface area contributed by atoms with E-state index in [-0.39, 0.29) is 13.0 Å². The molecule has 1 aliphatic rings. The van der Waals surface area contributed by atoms with Crippen molar-refractivity contribution < 1.29 is 23.7 Å². The fourth-order valence-corrected chi connectivity index (χ4v) is 1.76. The molecule has 0 unspecified atom stereocenters. The zero-order chi connectivity index (χ0) is 15.1. The van der Waals surface area contributed by atoms with E-state index in [0.29, 0.717) is 18.6 Å². The second kappa shape index (κ2) is 7.49. The molecule has 1 aromatic carbocycles. The van der Waals surface area contributed by atoms with E-state index in [1.54, 1.807) is 0 Å². The number of hydrogen-bond donors (Lipinski definition) is 1. The number of nitrogens with one attached hydrogen (secondary N) is 1. The van der Waals surface area contributed by atoms with Gasteiger partial charge in [-0.05, 0) is 12.0 Å². The molecule has 0 aromatic heterocycles. The van der Waals surface area contributed by atoms with E-state index in [9.17, 15) is 9.59 Å². The molecule has 1 fully saturated rings. The second-order valence-corrected chi connectivity index (χ2v) is 4.57. The highest BCUT2D eigenvalue weighted by molar-refractivity contribution is 6.81. The summed E-state index contributed by atoms with van der Waals surface area (Å²) >= 11 is 0. The number of amides is 1. The molecule has 0 saturated carbocycles. The SMILES string of the molecule is C=C1CCCC(=O)OB(C(=O)NOCc2ccccc2)O1. The van der Waals surface area contributed by atoms with Crippen molar-refractivity contribution in [3.8, 4) is 0 Å². The van der Waals surface area contributed by atoms with Gasteiger partial charge in [0, 0.05) is 12.8 Å². The molecule has 0 spiro atoms. The van der Waals surface area contributed by atoms with E-state index in [1.165, 1.54) is 0 Å². The summed E-state index contributed by atoms with van der Waals surface area (Å²) < 4.78 is 10.1. The molecule has 0 aliphatic carbocycles. The van der Waals surface area contributed by atoms with Gasteiger partial charge in [0.1, 0.15) is 0 Å². The number of hydrogen-bond acceptors (Lipinski definition) is 5. The largest absolute Gasteiger partial charge is 0.698 e. The van der Waals surface area contributed by atoms with Crippen LogP contribution in [0.3, 0.4) is 0 Å². The van der Waals surface area contributed by atoms with Crippen LogP contribution in [0.2, 0.25) is 0 Å². The Labute approximate surface area is 123 Å². The summed E-state index contributed by atoms with van der Waals surface area (Å²) in [6.07, 6.45) is 1.34. The van der Waals surface area contributed by atoms with Crippen LogP contribution in [0.15, 0.2) is 42.7 Å². The first-order chi connectivity index (χ1) is 10.1. The minimum absolute atomic E-state index is 0.203. The summed E-state index contributed by atoms with van der Waals surface area (Å²) in [5.74, 6) is -0.751. The number of rotatable bonds is 4. The van der Waals surface area contributed by atoms with Crippen LogP contribution < -0.4 is 5.48 Å². The van der Waals surface area contributed by atoms with Crippen molar-refractivity contribution in [3.63, 3.8) is 0 Å². The third kappa shape index (κ3) is 4.96. The van der Waals surface area contributed by atoms with E-state index < -0.39 is 18.9 Å². The van der Waals surface area contributed by atoms with E-state index in [4.69, 9.17) is 14.1 Å². The number of hydroxylamine groups is 1. The van der Waals surface area contributed by atoms with Crippen LogP contribution in [0.1, 0.15) is 24.8 Å². The van der Waals surface area contributed by atoms with Gasteiger partial charge in [-0.15, -0.1) is 0 Å². The van der Waals surface area contributed by atoms with Gasteiger partial charge in [0.05, 0.1) is 12.4 Å². The third-order valence-electron chi connectivity index (χ3n) is 2.82. The Morgan fingerprint density at radius 1 is 1.29 bits per heavy atom. The average molecular weight is 289 g/mol. The summed E-state index contributed by atoms with van der Waals surface area (Å²) in [4.78, 5) is 28.3. The highest BCUT2D eigenvalue weighted by Gasteiger charge is 2.37. The van der Waals surface area contributed by atoms with Gasteiger partial charge in [-0.25, -0.2) is 5.48 Å². The van der Waals surface area contributed by atoms with E-state index >= 15 is 0 Å². The molecule has 2 rings (SSSR count). The van der Waals surface area contributed by atoms with Crippen LogP contribution in [-0.2, 0) is 25.5 Å². The number of carbonyl (C=O) groups excluding carboxylic acids is 2. The molecule has 0 bridgehead atoms. The molecule has 110 valence electrons. The average Bonchev–Trinajstić information content (AvgIpc) is 2.45. The molecule has 21 heavy (non-hydrogen) atoms. The Hall–Kier alpha value is -2.28. The molecule has 1 amide bonds. The van der Waals surface area contributed by atoms with Crippen LogP contribution in [0, 0.1) is 0 Å². The van der Waals surface area contributed by atoms with E-state index in [0.717, 1.165) is 5.56 Å². The molecule has 1 aliphatic heterocycles. The predicted octanol–water partition coefficient (Wildman–Crippen LogP) is 2.16. The lowest BCUT2D eigenvalue weighted by atomic mass is 9.88. The van der Waals surface area contributed by atoms with Gasteiger partial charge in [-0.3, -0.25) is 14.4 Å². The molecule has 6 nitrogen and oxygen atoms in total. The van der Waals surface area contributed by atoms with E-state index in [1.807, 2.05) is 30.3 Å². The predicted molar refractivity (Wildman–Crippen MR) is 75.7 cm³/mol. The maximum Gasteiger partial charge on any atom is 0.698 e. The number of benzene rings is 1. The van der Waals surface area contributed by atoms with Crippen LogP contribution in [-0.4, -0.2) is 18.9 Å². The molecular formula is C14H16BNO5. The van der Waals surface area contributed by atoms with E-state index in [2.05, 4.69) is 12.1 Å². The van der Waals surface area contributed by atoms with Crippen LogP contribution in [0.4, 0.5) is 4.79 Å². The Bertz CT molecular complexity index is 501. The Morgan fingerprint density at radius 3 is 2.81 bits per heavy atom. The van der Waals surface area contributed by atoms with Crippen molar-refractivity contribution in [1.82, 2.24) is 5.48 Å². The molecule has 1 heterocycles. The second-order valence-electron chi connectivity index (χ2n) is 4.57. The first-order valence-electron chi connectivity index (χ1n) is 6.64. The van der Waals surface area contributed by atoms with Crippen LogP contribution in [0.5, 0.6) is 0 Å². The Kier molecular flexibility index (Phi) is 5.39. The lowest BCUT2D eigenvalue weighted by molar-refractivity contribution is -0.136. The Balaban J connectivity index is 1.83. The maximum atomic E-state index is 11.9. The van der Waals surface area contributed by atoms with Gasteiger partial charge in [0.2, 0.25) is 0 Å². The lowest BCUT2D eigenvalue weighted by Gasteiger charge is -2.19. The van der Waals surface area contributed by atoms with Gasteiger partial charge in [-0.1, -0.05) is 36.9 Å². The van der Waals surface area contributed by atoms with Gasteiger partial charge in [0.15, 0.2) is 0 Å². The van der Waals surface area contributed by atoms with Gasteiger partial charge in [0.25, 0.3) is 5.97 Å². The quantitative estimate of drug-likeness (QED) is 0.679. The lowest BCUT2D eigenvalue weighted by Crippen LogP contribution is -2.43. The van der Waals surface area contributed by atoms with Crippen molar-refractivity contribution in [1.29, 1.82) is 0 Å². The van der Waals surface area contributed by atoms with Crippen molar-refractivity contribution in [3.05, 3.63) is 48.2 Å². The smallest absolute Gasteiger partial charge is 0.523 e. The fourth-order valence-electron chi connectivity index (χ4n) is 1.76. The van der Waals surface area contributed by atoms with Crippen molar-refractivity contribution in [2.45, 2.75) is 25.9 Å². The molecule has 0 radical (unpaired) electrons. The first kappa shape index (κ1) is 15.1.